The second kappa shape index (κ2) is 10.1. The van der Waals surface area contributed by atoms with E-state index >= 15 is 0 Å². The molecule has 5 rings (SSSR count). The van der Waals surface area contributed by atoms with E-state index in [-0.39, 0.29) is 30.0 Å². The zero-order chi connectivity index (χ0) is 26.1. The van der Waals surface area contributed by atoms with Gasteiger partial charge in [0.2, 0.25) is 0 Å². The van der Waals surface area contributed by atoms with Crippen LogP contribution in [0.1, 0.15) is 51.9 Å². The topological polar surface area (TPSA) is 74.3 Å². The number of amides is 1. The van der Waals surface area contributed by atoms with Crippen molar-refractivity contribution in [3.63, 3.8) is 0 Å². The van der Waals surface area contributed by atoms with Gasteiger partial charge in [0.15, 0.2) is 0 Å². The Kier molecular flexibility index (Phi) is 6.74. The van der Waals surface area contributed by atoms with E-state index in [2.05, 4.69) is 0 Å². The number of rotatable bonds is 7. The van der Waals surface area contributed by atoms with Gasteiger partial charge in [-0.2, -0.15) is 0 Å². The number of carbonyl (C=O) groups is 2. The van der Waals surface area contributed by atoms with Crippen LogP contribution < -0.4 is 14.2 Å². The zero-order valence-corrected chi connectivity index (χ0v) is 21.0. The lowest BCUT2D eigenvalue weighted by Crippen LogP contribution is -2.21. The number of fused-ring (bicyclic) bond motifs is 2. The highest BCUT2D eigenvalue weighted by Crippen LogP contribution is 2.44. The minimum Gasteiger partial charge on any atom is -0.492 e. The highest BCUT2D eigenvalue weighted by molar-refractivity contribution is 5.93. The molecule has 0 spiro atoms. The number of methoxy groups -OCH3 is 1. The molecule has 0 saturated heterocycles. The summed E-state index contributed by atoms with van der Waals surface area (Å²) in [6.45, 7) is 0.403. The van der Waals surface area contributed by atoms with Crippen LogP contribution in [-0.2, 0) is 16.0 Å². The van der Waals surface area contributed by atoms with Crippen molar-refractivity contribution in [1.29, 1.82) is 0 Å². The van der Waals surface area contributed by atoms with Crippen molar-refractivity contribution in [2.75, 3.05) is 27.8 Å². The molecule has 2 aliphatic rings. The van der Waals surface area contributed by atoms with Gasteiger partial charge in [-0.05, 0) is 55.3 Å². The Balaban J connectivity index is 1.32. The van der Waals surface area contributed by atoms with E-state index in [1.807, 2.05) is 12.1 Å². The van der Waals surface area contributed by atoms with Crippen LogP contribution in [0.3, 0.4) is 0 Å². The van der Waals surface area contributed by atoms with Crippen LogP contribution in [0.4, 0.5) is 4.39 Å². The average molecular weight is 506 g/mol. The quantitative estimate of drug-likeness (QED) is 0.399. The molecule has 7 nitrogen and oxygen atoms in total. The van der Waals surface area contributed by atoms with Gasteiger partial charge in [0.1, 0.15) is 34.9 Å². The molecule has 1 aliphatic carbocycles. The Morgan fingerprint density at radius 3 is 2.54 bits per heavy atom. The zero-order valence-electron chi connectivity index (χ0n) is 21.0. The molecule has 192 valence electrons. The molecule has 0 aromatic heterocycles. The molecule has 0 saturated carbocycles. The summed E-state index contributed by atoms with van der Waals surface area (Å²) in [7, 11) is 4.77. The number of hydrogen-bond acceptors (Lipinski definition) is 6. The van der Waals surface area contributed by atoms with Crippen molar-refractivity contribution in [2.24, 2.45) is 0 Å². The molecular formula is C29H28FNO6. The Hall–Kier alpha value is -4.07. The third-order valence-corrected chi connectivity index (χ3v) is 6.76. The van der Waals surface area contributed by atoms with Gasteiger partial charge < -0.3 is 23.8 Å². The molecular weight excluding hydrogens is 477 g/mol. The fourth-order valence-corrected chi connectivity index (χ4v) is 4.85. The summed E-state index contributed by atoms with van der Waals surface area (Å²) in [5.41, 5.74) is 2.76. The normalized spacial score (nSPS) is 17.4. The molecule has 0 radical (unpaired) electrons. The summed E-state index contributed by atoms with van der Waals surface area (Å²) in [5.74, 6) is 1.59. The minimum atomic E-state index is -0.469. The number of ether oxygens (including phenoxy) is 4. The molecule has 8 heteroatoms. The first kappa shape index (κ1) is 24.6. The number of nitrogens with zero attached hydrogens (tertiary/aromatic N) is 1. The van der Waals surface area contributed by atoms with E-state index in [1.165, 1.54) is 18.1 Å². The Bertz CT molecular complexity index is 1340. The van der Waals surface area contributed by atoms with E-state index in [4.69, 9.17) is 18.9 Å². The lowest BCUT2D eigenvalue weighted by atomic mass is 9.98. The highest BCUT2D eigenvalue weighted by atomic mass is 19.1. The van der Waals surface area contributed by atoms with Gasteiger partial charge in [-0.25, -0.2) is 4.39 Å². The summed E-state index contributed by atoms with van der Waals surface area (Å²) < 4.78 is 37.8. The Morgan fingerprint density at radius 2 is 1.81 bits per heavy atom. The molecule has 37 heavy (non-hydrogen) atoms. The maximum atomic E-state index is 15.0. The predicted molar refractivity (Wildman–Crippen MR) is 134 cm³/mol. The molecule has 3 aromatic rings. The molecule has 2 atom stereocenters. The van der Waals surface area contributed by atoms with Crippen molar-refractivity contribution in [1.82, 2.24) is 4.90 Å². The third-order valence-electron chi connectivity index (χ3n) is 6.76. The standard InChI is InChI=1S/C29H28FNO6/c1-31(2)29(33)17-4-6-19(7-5-17)36-24-13-11-23(30)28-22(24)10-12-25(28)37-20-8-9-21-18(14-27(32)34-3)16-35-26(21)15-20/h4-9,11,13,15,18,25H,10,12,14,16H2,1-3H3/t18?,25-/m1/s1. The predicted octanol–water partition coefficient (Wildman–Crippen LogP) is 5.43. The van der Waals surface area contributed by atoms with Gasteiger partial charge in [0.05, 0.1) is 20.1 Å². The second-order valence-corrected chi connectivity index (χ2v) is 9.40. The Morgan fingerprint density at radius 1 is 1.05 bits per heavy atom. The molecule has 1 aliphatic heterocycles. The first-order valence-electron chi connectivity index (χ1n) is 12.1. The summed E-state index contributed by atoms with van der Waals surface area (Å²) in [6, 6.07) is 15.4. The highest BCUT2D eigenvalue weighted by Gasteiger charge is 2.32. The van der Waals surface area contributed by atoms with E-state index < -0.39 is 6.10 Å². The van der Waals surface area contributed by atoms with Crippen LogP contribution in [0.25, 0.3) is 0 Å². The van der Waals surface area contributed by atoms with Gasteiger partial charge in [-0.1, -0.05) is 6.07 Å². The smallest absolute Gasteiger partial charge is 0.306 e. The van der Waals surface area contributed by atoms with Gasteiger partial charge in [0.25, 0.3) is 5.91 Å². The summed E-state index contributed by atoms with van der Waals surface area (Å²) >= 11 is 0. The molecule has 0 bridgehead atoms. The van der Waals surface area contributed by atoms with Crippen LogP contribution >= 0.6 is 0 Å². The number of halogens is 1. The third kappa shape index (κ3) is 4.96. The van der Waals surface area contributed by atoms with Crippen molar-refractivity contribution in [3.05, 3.63) is 82.7 Å². The number of benzene rings is 3. The van der Waals surface area contributed by atoms with Gasteiger partial charge in [0, 0.05) is 48.3 Å². The second-order valence-electron chi connectivity index (χ2n) is 9.40. The maximum Gasteiger partial charge on any atom is 0.306 e. The first-order chi connectivity index (χ1) is 17.8. The maximum absolute atomic E-state index is 15.0. The molecule has 0 N–H and O–H groups in total. The van der Waals surface area contributed by atoms with E-state index in [1.54, 1.807) is 50.5 Å². The monoisotopic (exact) mass is 505 g/mol. The van der Waals surface area contributed by atoms with Crippen LogP contribution in [0, 0.1) is 5.82 Å². The Labute approximate surface area is 214 Å². The van der Waals surface area contributed by atoms with Gasteiger partial charge in [-0.3, -0.25) is 9.59 Å². The van der Waals surface area contributed by atoms with Gasteiger partial charge in [-0.15, -0.1) is 0 Å². The van der Waals surface area contributed by atoms with Crippen LogP contribution in [-0.4, -0.2) is 44.6 Å². The molecule has 1 unspecified atom stereocenters. The molecule has 0 fully saturated rings. The largest absolute Gasteiger partial charge is 0.492 e. The van der Waals surface area contributed by atoms with Crippen molar-refractivity contribution < 1.29 is 32.9 Å². The average Bonchev–Trinajstić information content (AvgIpc) is 3.50. The van der Waals surface area contributed by atoms with Crippen molar-refractivity contribution in [3.8, 4) is 23.0 Å². The van der Waals surface area contributed by atoms with Crippen LogP contribution in [0.5, 0.6) is 23.0 Å². The summed E-state index contributed by atoms with van der Waals surface area (Å²) in [6.07, 6.45) is 0.991. The van der Waals surface area contributed by atoms with Gasteiger partial charge >= 0.3 is 5.97 Å². The fourth-order valence-electron chi connectivity index (χ4n) is 4.85. The first-order valence-corrected chi connectivity index (χ1v) is 12.1. The molecule has 1 heterocycles. The SMILES string of the molecule is COC(=O)CC1COc2cc(O[C@@H]3CCc4c(Oc5ccc(C(=O)N(C)C)cc5)ccc(F)c43)ccc21. The summed E-state index contributed by atoms with van der Waals surface area (Å²) in [5, 5.41) is 0. The van der Waals surface area contributed by atoms with E-state index in [0.29, 0.717) is 53.6 Å². The number of carbonyl (C=O) groups excluding carboxylic acids is 2. The number of hydrogen-bond donors (Lipinski definition) is 0. The van der Waals surface area contributed by atoms with Crippen LogP contribution in [0.15, 0.2) is 54.6 Å². The van der Waals surface area contributed by atoms with E-state index in [0.717, 1.165) is 11.1 Å². The lowest BCUT2D eigenvalue weighted by molar-refractivity contribution is -0.141. The van der Waals surface area contributed by atoms with Crippen molar-refractivity contribution in [2.45, 2.75) is 31.3 Å². The fraction of sp³-hybridized carbons (Fsp3) is 0.310. The minimum absolute atomic E-state index is 0.0593. The van der Waals surface area contributed by atoms with E-state index in [9.17, 15) is 14.0 Å². The van der Waals surface area contributed by atoms with Crippen LogP contribution in [0.2, 0.25) is 0 Å². The van der Waals surface area contributed by atoms with Crippen molar-refractivity contribution >= 4 is 11.9 Å². The lowest BCUT2D eigenvalue weighted by Gasteiger charge is -2.17. The molecule has 1 amide bonds. The molecule has 3 aromatic carbocycles. The number of esters is 1. The summed E-state index contributed by atoms with van der Waals surface area (Å²) in [4.78, 5) is 25.3.